The fraction of sp³-hybridized carbons (Fsp3) is 0.458. The van der Waals surface area contributed by atoms with Gasteiger partial charge in [-0.2, -0.15) is 0 Å². The number of fused-ring (bicyclic) bond motifs is 2. The molecular weight excluding hydrogens is 350 g/mol. The number of unbranched alkanes of at least 4 members (excludes halogenated alkanes) is 4. The highest BCUT2D eigenvalue weighted by Crippen LogP contribution is 2.29. The Balaban J connectivity index is 1.48. The highest BCUT2D eigenvalue weighted by atomic mass is 16.7. The molecule has 0 atom stereocenters. The highest BCUT2D eigenvalue weighted by molar-refractivity contribution is 5.87. The number of ether oxygens (including phenoxy) is 2. The lowest BCUT2D eigenvalue weighted by Gasteiger charge is -2.18. The molecule has 28 heavy (non-hydrogen) atoms. The first kappa shape index (κ1) is 21.8. The molecule has 0 fully saturated rings. The molecule has 4 heteroatoms. The van der Waals surface area contributed by atoms with Crippen LogP contribution in [0.4, 0.5) is 0 Å². The third-order valence-electron chi connectivity index (χ3n) is 4.45. The van der Waals surface area contributed by atoms with Gasteiger partial charge in [-0.1, -0.05) is 63.1 Å². The minimum absolute atomic E-state index is 0.0394. The van der Waals surface area contributed by atoms with E-state index in [4.69, 9.17) is 9.47 Å². The number of nitrogens with one attached hydrogen (secondary N) is 1. The first-order valence-electron chi connectivity index (χ1n) is 10.3. The van der Waals surface area contributed by atoms with Gasteiger partial charge in [0.05, 0.1) is 0 Å². The molecule has 0 unspecified atom stereocenters. The third kappa shape index (κ3) is 8.94. The van der Waals surface area contributed by atoms with Crippen LogP contribution in [0.3, 0.4) is 0 Å². The standard InChI is InChI=1S/C24H33NO3/c1-20(2)18-25-24(26)14-12-10-8-6-4-3-5-7-9-11-13-21-15-16-22-17-23(21)28-19-27-22/h4,6,8,10,12,14-17,20H,3,5,7,9,11,13,18-19H2,1-2H3,(H,25,26)/b6-4+,10-8+,14-12+. The molecule has 0 aromatic heterocycles. The second-order valence-corrected chi connectivity index (χ2v) is 7.44. The highest BCUT2D eigenvalue weighted by Gasteiger charge is 2.10. The third-order valence-corrected chi connectivity index (χ3v) is 4.45. The predicted octanol–water partition coefficient (Wildman–Crippen LogP) is 5.35. The minimum atomic E-state index is -0.0394. The molecule has 0 saturated carbocycles. The summed E-state index contributed by atoms with van der Waals surface area (Å²) in [5.74, 6) is 2.31. The van der Waals surface area contributed by atoms with E-state index in [1.165, 1.54) is 31.2 Å². The zero-order chi connectivity index (χ0) is 20.0. The van der Waals surface area contributed by atoms with Gasteiger partial charge in [0.25, 0.3) is 0 Å². The lowest BCUT2D eigenvalue weighted by atomic mass is 10.0. The minimum Gasteiger partial charge on any atom is -0.457 e. The number of rotatable bonds is 12. The van der Waals surface area contributed by atoms with E-state index in [9.17, 15) is 4.79 Å². The number of hydrogen-bond donors (Lipinski definition) is 1. The van der Waals surface area contributed by atoms with E-state index in [1.54, 1.807) is 12.2 Å². The van der Waals surface area contributed by atoms with Crippen molar-refractivity contribution in [3.63, 3.8) is 0 Å². The Kier molecular flexibility index (Phi) is 9.98. The van der Waals surface area contributed by atoms with Gasteiger partial charge in [-0.15, -0.1) is 0 Å². The topological polar surface area (TPSA) is 47.6 Å². The van der Waals surface area contributed by atoms with E-state index in [0.29, 0.717) is 19.3 Å². The zero-order valence-electron chi connectivity index (χ0n) is 17.2. The molecule has 1 aromatic rings. The lowest BCUT2D eigenvalue weighted by Crippen LogP contribution is -2.25. The maximum atomic E-state index is 11.5. The number of aryl methyl sites for hydroxylation is 1. The Bertz CT molecular complexity index is 689. The number of benzene rings is 1. The number of amides is 1. The van der Waals surface area contributed by atoms with Crippen molar-refractivity contribution in [1.82, 2.24) is 5.32 Å². The van der Waals surface area contributed by atoms with Crippen molar-refractivity contribution in [2.75, 3.05) is 13.3 Å². The van der Waals surface area contributed by atoms with Crippen LogP contribution in [0.15, 0.2) is 54.7 Å². The van der Waals surface area contributed by atoms with Gasteiger partial charge in [0.15, 0.2) is 0 Å². The number of carbonyl (C=O) groups excluding carboxylic acids is 1. The first-order valence-corrected chi connectivity index (χ1v) is 10.3. The van der Waals surface area contributed by atoms with Crippen molar-refractivity contribution in [1.29, 1.82) is 0 Å². The molecule has 0 aliphatic carbocycles. The van der Waals surface area contributed by atoms with Crippen molar-refractivity contribution < 1.29 is 14.3 Å². The molecule has 2 bridgehead atoms. The molecule has 1 heterocycles. The Hall–Kier alpha value is -2.49. The molecule has 4 nitrogen and oxygen atoms in total. The van der Waals surface area contributed by atoms with Crippen LogP contribution < -0.4 is 14.8 Å². The Morgan fingerprint density at radius 1 is 1.07 bits per heavy atom. The smallest absolute Gasteiger partial charge is 0.243 e. The van der Waals surface area contributed by atoms with Crippen LogP contribution in [-0.4, -0.2) is 19.2 Å². The molecule has 0 saturated heterocycles. The molecule has 1 aliphatic rings. The van der Waals surface area contributed by atoms with Crippen molar-refractivity contribution >= 4 is 5.91 Å². The van der Waals surface area contributed by atoms with Crippen molar-refractivity contribution in [2.24, 2.45) is 5.92 Å². The molecule has 1 N–H and O–H groups in total. The van der Waals surface area contributed by atoms with Gasteiger partial charge in [0, 0.05) is 18.7 Å². The largest absolute Gasteiger partial charge is 0.457 e. The number of allylic oxidation sites excluding steroid dienone is 5. The van der Waals surface area contributed by atoms with Crippen molar-refractivity contribution in [3.05, 3.63) is 60.2 Å². The second kappa shape index (κ2) is 12.8. The molecule has 0 radical (unpaired) electrons. The summed E-state index contributed by atoms with van der Waals surface area (Å²) in [5, 5.41) is 2.85. The Morgan fingerprint density at radius 2 is 1.89 bits per heavy atom. The summed E-state index contributed by atoms with van der Waals surface area (Å²) in [6.45, 7) is 5.20. The molecule has 1 aromatic carbocycles. The normalized spacial score (nSPS) is 13.4. The molecular formula is C24H33NO3. The van der Waals surface area contributed by atoms with Gasteiger partial charge in [-0.25, -0.2) is 0 Å². The van der Waals surface area contributed by atoms with Crippen LogP contribution in [0.2, 0.25) is 0 Å². The maximum absolute atomic E-state index is 11.5. The average molecular weight is 384 g/mol. The fourth-order valence-electron chi connectivity index (χ4n) is 2.87. The van der Waals surface area contributed by atoms with Crippen LogP contribution in [-0.2, 0) is 11.2 Å². The number of hydrogen-bond acceptors (Lipinski definition) is 3. The van der Waals surface area contributed by atoms with Gasteiger partial charge >= 0.3 is 0 Å². The van der Waals surface area contributed by atoms with E-state index in [0.717, 1.165) is 24.3 Å². The molecule has 0 spiro atoms. The van der Waals surface area contributed by atoms with Crippen LogP contribution in [0.5, 0.6) is 11.5 Å². The van der Waals surface area contributed by atoms with Crippen LogP contribution in [0.25, 0.3) is 0 Å². The molecule has 1 amide bonds. The van der Waals surface area contributed by atoms with Crippen molar-refractivity contribution in [3.8, 4) is 11.5 Å². The SMILES string of the molecule is CC(C)CNC(=O)/C=C/C=C/C=C/CCCCCCc1ccc2cc1OCO2. The van der Waals surface area contributed by atoms with Crippen LogP contribution in [0.1, 0.15) is 51.5 Å². The summed E-state index contributed by atoms with van der Waals surface area (Å²) in [7, 11) is 0. The first-order chi connectivity index (χ1) is 13.6. The molecule has 1 aliphatic heterocycles. The lowest BCUT2D eigenvalue weighted by molar-refractivity contribution is -0.116. The quantitative estimate of drug-likeness (QED) is 0.301. The monoisotopic (exact) mass is 383 g/mol. The molecule has 152 valence electrons. The van der Waals surface area contributed by atoms with Crippen molar-refractivity contribution in [2.45, 2.75) is 52.4 Å². The van der Waals surface area contributed by atoms with E-state index in [2.05, 4.69) is 31.3 Å². The Labute approximate surface area is 169 Å². The van der Waals surface area contributed by atoms with Crippen LogP contribution in [0, 0.1) is 5.92 Å². The summed E-state index contributed by atoms with van der Waals surface area (Å²) in [5.41, 5.74) is 1.28. The van der Waals surface area contributed by atoms with E-state index >= 15 is 0 Å². The van der Waals surface area contributed by atoms with E-state index in [1.807, 2.05) is 30.4 Å². The van der Waals surface area contributed by atoms with Gasteiger partial charge < -0.3 is 14.8 Å². The zero-order valence-corrected chi connectivity index (χ0v) is 17.2. The van der Waals surface area contributed by atoms with E-state index in [-0.39, 0.29) is 5.91 Å². The number of carbonyl (C=O) groups is 1. The van der Waals surface area contributed by atoms with Gasteiger partial charge in [0.2, 0.25) is 12.7 Å². The summed E-state index contributed by atoms with van der Waals surface area (Å²) >= 11 is 0. The van der Waals surface area contributed by atoms with Gasteiger partial charge in [-0.05, 0) is 43.2 Å². The Morgan fingerprint density at radius 3 is 2.75 bits per heavy atom. The summed E-state index contributed by atoms with van der Waals surface area (Å²) in [6, 6.07) is 6.11. The maximum Gasteiger partial charge on any atom is 0.243 e. The second-order valence-electron chi connectivity index (χ2n) is 7.44. The van der Waals surface area contributed by atoms with Gasteiger partial charge in [0.1, 0.15) is 11.5 Å². The summed E-state index contributed by atoms with van der Waals surface area (Å²) < 4.78 is 10.9. The average Bonchev–Trinajstić information content (AvgIpc) is 2.69. The van der Waals surface area contributed by atoms with E-state index < -0.39 is 0 Å². The molecule has 2 rings (SSSR count). The fourth-order valence-corrected chi connectivity index (χ4v) is 2.87. The predicted molar refractivity (Wildman–Crippen MR) is 115 cm³/mol. The van der Waals surface area contributed by atoms with Crippen LogP contribution >= 0.6 is 0 Å². The summed E-state index contributed by atoms with van der Waals surface area (Å²) in [6.07, 6.45) is 18.4. The van der Waals surface area contributed by atoms with Gasteiger partial charge in [-0.3, -0.25) is 4.79 Å². The summed E-state index contributed by atoms with van der Waals surface area (Å²) in [4.78, 5) is 11.5.